The second-order valence-electron chi connectivity index (χ2n) is 3.85. The molecule has 0 spiro atoms. The van der Waals surface area contributed by atoms with Crippen LogP contribution in [0.25, 0.3) is 0 Å². The molecule has 2 rings (SSSR count). The van der Waals surface area contributed by atoms with Crippen LogP contribution in [0.5, 0.6) is 5.75 Å². The van der Waals surface area contributed by atoms with E-state index in [1.165, 1.54) is 18.2 Å². The minimum absolute atomic E-state index is 0.0830. The van der Waals surface area contributed by atoms with E-state index in [4.69, 9.17) is 0 Å². The summed E-state index contributed by atoms with van der Waals surface area (Å²) in [4.78, 5) is 0. The normalized spacial score (nSPS) is 10.5. The van der Waals surface area contributed by atoms with Crippen LogP contribution >= 0.6 is 0 Å². The monoisotopic (exact) mass is 267 g/mol. The van der Waals surface area contributed by atoms with Gasteiger partial charge in [-0.05, 0) is 29.8 Å². The summed E-state index contributed by atoms with van der Waals surface area (Å²) in [5.41, 5.74) is 1.31. The van der Waals surface area contributed by atoms with E-state index in [-0.39, 0.29) is 11.6 Å². The van der Waals surface area contributed by atoms with Gasteiger partial charge in [-0.25, -0.2) is 4.39 Å². The zero-order chi connectivity index (χ0) is 13.7. The Morgan fingerprint density at radius 2 is 1.68 bits per heavy atom. The molecule has 19 heavy (non-hydrogen) atoms. The summed E-state index contributed by atoms with van der Waals surface area (Å²) in [7, 11) is 0. The minimum atomic E-state index is -2.87. The zero-order valence-electron chi connectivity index (χ0n) is 9.95. The maximum absolute atomic E-state index is 12.7. The highest BCUT2D eigenvalue weighted by molar-refractivity contribution is 5.56. The topological polar surface area (TPSA) is 21.3 Å². The van der Waals surface area contributed by atoms with Crippen molar-refractivity contribution in [1.29, 1.82) is 0 Å². The Kier molecular flexibility index (Phi) is 4.28. The third-order valence-electron chi connectivity index (χ3n) is 2.50. The van der Waals surface area contributed by atoms with Crippen molar-refractivity contribution in [2.75, 3.05) is 5.32 Å². The number of hydrogen-bond donors (Lipinski definition) is 1. The Labute approximate surface area is 108 Å². The predicted octanol–water partition coefficient (Wildman–Crippen LogP) is 4.04. The van der Waals surface area contributed by atoms with E-state index in [1.807, 2.05) is 0 Å². The number of halogens is 3. The summed E-state index contributed by atoms with van der Waals surface area (Å²) < 4.78 is 41.6. The van der Waals surface area contributed by atoms with Gasteiger partial charge in [0.15, 0.2) is 0 Å². The first-order chi connectivity index (χ1) is 9.15. The molecule has 0 saturated carbocycles. The standard InChI is InChI=1S/C14H12F3NO/c15-11-7-5-10(6-8-11)9-18-12-3-1-2-4-13(12)19-14(16)17/h1-8,14,18H,9H2. The number of ether oxygens (including phenoxy) is 1. The van der Waals surface area contributed by atoms with E-state index in [2.05, 4.69) is 10.1 Å². The third kappa shape index (κ3) is 3.91. The van der Waals surface area contributed by atoms with Gasteiger partial charge in [0.1, 0.15) is 11.6 Å². The average Bonchev–Trinajstić information content (AvgIpc) is 2.39. The SMILES string of the molecule is Fc1ccc(CNc2ccccc2OC(F)F)cc1. The van der Waals surface area contributed by atoms with Crippen molar-refractivity contribution in [2.45, 2.75) is 13.2 Å². The fourth-order valence-corrected chi connectivity index (χ4v) is 1.61. The van der Waals surface area contributed by atoms with Crippen molar-refractivity contribution in [3.05, 3.63) is 59.9 Å². The van der Waals surface area contributed by atoms with Gasteiger partial charge >= 0.3 is 6.61 Å². The summed E-state index contributed by atoms with van der Waals surface area (Å²) in [6.45, 7) is -2.47. The predicted molar refractivity (Wildman–Crippen MR) is 66.8 cm³/mol. The lowest BCUT2D eigenvalue weighted by molar-refractivity contribution is -0.0493. The Hall–Kier alpha value is -2.17. The molecule has 0 fully saturated rings. The van der Waals surface area contributed by atoms with Crippen molar-refractivity contribution < 1.29 is 17.9 Å². The van der Waals surface area contributed by atoms with E-state index in [9.17, 15) is 13.2 Å². The summed E-state index contributed by atoms with van der Waals surface area (Å²) >= 11 is 0. The van der Waals surface area contributed by atoms with E-state index >= 15 is 0 Å². The maximum atomic E-state index is 12.7. The molecule has 2 aromatic rings. The summed E-state index contributed by atoms with van der Waals surface area (Å²) in [6, 6.07) is 12.4. The van der Waals surface area contributed by atoms with Crippen molar-refractivity contribution in [1.82, 2.24) is 0 Å². The van der Waals surface area contributed by atoms with Crippen LogP contribution in [0.2, 0.25) is 0 Å². The van der Waals surface area contributed by atoms with Gasteiger partial charge in [0.25, 0.3) is 0 Å². The molecule has 1 N–H and O–H groups in total. The Bertz CT molecular complexity index is 528. The van der Waals surface area contributed by atoms with Gasteiger partial charge in [0, 0.05) is 6.54 Å². The third-order valence-corrected chi connectivity index (χ3v) is 2.50. The van der Waals surface area contributed by atoms with Gasteiger partial charge < -0.3 is 10.1 Å². The van der Waals surface area contributed by atoms with Crippen LogP contribution in [0.3, 0.4) is 0 Å². The van der Waals surface area contributed by atoms with Gasteiger partial charge in [-0.3, -0.25) is 0 Å². The van der Waals surface area contributed by atoms with Gasteiger partial charge in [-0.15, -0.1) is 0 Å². The maximum Gasteiger partial charge on any atom is 0.387 e. The fraction of sp³-hybridized carbons (Fsp3) is 0.143. The van der Waals surface area contributed by atoms with Crippen molar-refractivity contribution in [2.24, 2.45) is 0 Å². The summed E-state index contributed by atoms with van der Waals surface area (Å²) in [5, 5.41) is 2.97. The number of nitrogens with one attached hydrogen (secondary N) is 1. The van der Waals surface area contributed by atoms with E-state index < -0.39 is 6.61 Å². The molecule has 0 bridgehead atoms. The van der Waals surface area contributed by atoms with E-state index in [0.717, 1.165) is 5.56 Å². The van der Waals surface area contributed by atoms with E-state index in [1.54, 1.807) is 30.3 Å². The molecule has 0 aliphatic rings. The molecule has 0 heterocycles. The molecule has 0 unspecified atom stereocenters. The molecule has 0 aliphatic carbocycles. The number of hydrogen-bond acceptors (Lipinski definition) is 2. The van der Waals surface area contributed by atoms with Crippen LogP contribution in [-0.2, 0) is 6.54 Å². The molecule has 2 aromatic carbocycles. The molecule has 100 valence electrons. The molecule has 0 aromatic heterocycles. The van der Waals surface area contributed by atoms with Crippen LogP contribution < -0.4 is 10.1 Å². The molecule has 0 amide bonds. The Morgan fingerprint density at radius 1 is 1.00 bits per heavy atom. The molecule has 2 nitrogen and oxygen atoms in total. The molecule has 0 aliphatic heterocycles. The first-order valence-electron chi connectivity index (χ1n) is 5.67. The number of para-hydroxylation sites is 2. The average molecular weight is 267 g/mol. The number of anilines is 1. The van der Waals surface area contributed by atoms with Crippen molar-refractivity contribution in [3.8, 4) is 5.75 Å². The van der Waals surface area contributed by atoms with Gasteiger partial charge in [-0.1, -0.05) is 24.3 Å². The Balaban J connectivity index is 2.04. The van der Waals surface area contributed by atoms with E-state index in [0.29, 0.717) is 12.2 Å². The molecule has 0 saturated heterocycles. The van der Waals surface area contributed by atoms with Gasteiger partial charge in [0.05, 0.1) is 5.69 Å². The first-order valence-corrected chi connectivity index (χ1v) is 5.67. The van der Waals surface area contributed by atoms with Gasteiger partial charge in [-0.2, -0.15) is 8.78 Å². The molecule has 0 atom stereocenters. The molecular formula is C14H12F3NO. The summed E-state index contributed by atoms with van der Waals surface area (Å²) in [6.07, 6.45) is 0. The van der Waals surface area contributed by atoms with Crippen LogP contribution in [0.15, 0.2) is 48.5 Å². The lowest BCUT2D eigenvalue weighted by Crippen LogP contribution is -2.06. The number of benzene rings is 2. The summed E-state index contributed by atoms with van der Waals surface area (Å²) in [5.74, 6) is -0.232. The zero-order valence-corrected chi connectivity index (χ0v) is 9.95. The smallest absolute Gasteiger partial charge is 0.387 e. The van der Waals surface area contributed by atoms with Crippen molar-refractivity contribution in [3.63, 3.8) is 0 Å². The molecule has 0 radical (unpaired) electrons. The number of alkyl halides is 2. The van der Waals surface area contributed by atoms with Gasteiger partial charge in [0.2, 0.25) is 0 Å². The lowest BCUT2D eigenvalue weighted by atomic mass is 10.2. The second-order valence-corrected chi connectivity index (χ2v) is 3.85. The first kappa shape index (κ1) is 13.3. The largest absolute Gasteiger partial charge is 0.433 e. The van der Waals surface area contributed by atoms with Crippen molar-refractivity contribution >= 4 is 5.69 Å². The fourth-order valence-electron chi connectivity index (χ4n) is 1.61. The Morgan fingerprint density at radius 3 is 2.37 bits per heavy atom. The number of rotatable bonds is 5. The minimum Gasteiger partial charge on any atom is -0.433 e. The second kappa shape index (κ2) is 6.13. The quantitative estimate of drug-likeness (QED) is 0.882. The molecule has 5 heteroatoms. The highest BCUT2D eigenvalue weighted by atomic mass is 19.3. The van der Waals surface area contributed by atoms with Crippen LogP contribution in [0, 0.1) is 5.82 Å². The van der Waals surface area contributed by atoms with Crippen LogP contribution in [0.1, 0.15) is 5.56 Å². The van der Waals surface area contributed by atoms with Crippen LogP contribution in [0.4, 0.5) is 18.9 Å². The highest BCUT2D eigenvalue weighted by Gasteiger charge is 2.08. The lowest BCUT2D eigenvalue weighted by Gasteiger charge is -2.12. The van der Waals surface area contributed by atoms with Crippen LogP contribution in [-0.4, -0.2) is 6.61 Å². The molecular weight excluding hydrogens is 255 g/mol. The highest BCUT2D eigenvalue weighted by Crippen LogP contribution is 2.25.